The number of phenols is 1. The van der Waals surface area contributed by atoms with Crippen LogP contribution in [0.5, 0.6) is 11.5 Å². The number of nitrogen functional groups attached to an aromatic ring is 1. The topological polar surface area (TPSA) is 166 Å². The number of carbonyl (C=O) groups is 2. The average molecular weight is 407 g/mol. The lowest BCUT2D eigenvalue weighted by Crippen LogP contribution is -2.56. The van der Waals surface area contributed by atoms with Gasteiger partial charge in [-0.05, 0) is 24.4 Å². The number of carboxylic acids is 1. The Bertz CT molecular complexity index is 898. The highest BCUT2D eigenvalue weighted by molar-refractivity contribution is 7.13. The summed E-state index contributed by atoms with van der Waals surface area (Å²) in [6.45, 7) is 0.489. The van der Waals surface area contributed by atoms with E-state index in [4.69, 9.17) is 20.5 Å². The van der Waals surface area contributed by atoms with E-state index in [0.717, 1.165) is 0 Å². The molecule has 1 aromatic heterocycles. The number of amides is 1. The summed E-state index contributed by atoms with van der Waals surface area (Å²) in [6, 6.07) is 2.88. The molecule has 6 N–H and O–H groups in total. The molecular weight excluding hydrogens is 389 g/mol. The molecule has 0 bridgehead atoms. The number of likely N-dealkylation sites (tertiary alicyclic amines) is 1. The number of aromatic hydroxyl groups is 1. The fourth-order valence-electron chi connectivity index (χ4n) is 2.81. The molecule has 0 radical (unpaired) electrons. The zero-order chi connectivity index (χ0) is 20.4. The van der Waals surface area contributed by atoms with E-state index in [-0.39, 0.29) is 48.7 Å². The quantitative estimate of drug-likeness (QED) is 0.399. The van der Waals surface area contributed by atoms with Gasteiger partial charge in [0.1, 0.15) is 28.9 Å². The third-order valence-corrected chi connectivity index (χ3v) is 4.95. The maximum atomic E-state index is 12.2. The van der Waals surface area contributed by atoms with Gasteiger partial charge in [0.2, 0.25) is 0 Å². The SMILES string of the molecule is Nc1nc(C(=O)N2CC(Oc3ccc(CCB(O)O)c(O)c3C(=O)O)C2)cs1. The number of nitrogens with two attached hydrogens (primary N) is 1. The largest absolute Gasteiger partial charge is 0.507 e. The Kier molecular flexibility index (Phi) is 5.72. The molecule has 28 heavy (non-hydrogen) atoms. The lowest BCUT2D eigenvalue weighted by atomic mass is 9.82. The van der Waals surface area contributed by atoms with Crippen molar-refractivity contribution in [3.8, 4) is 11.5 Å². The molecular formula is C16H18BN3O7S. The third-order valence-electron chi connectivity index (χ3n) is 4.28. The van der Waals surface area contributed by atoms with Crippen molar-refractivity contribution in [3.63, 3.8) is 0 Å². The van der Waals surface area contributed by atoms with E-state index in [1.54, 1.807) is 5.38 Å². The van der Waals surface area contributed by atoms with Gasteiger partial charge in [0, 0.05) is 5.38 Å². The van der Waals surface area contributed by atoms with Crippen molar-refractivity contribution in [2.24, 2.45) is 0 Å². The Hall–Kier alpha value is -2.83. The van der Waals surface area contributed by atoms with Crippen molar-refractivity contribution < 1.29 is 34.6 Å². The molecule has 1 aliphatic heterocycles. The van der Waals surface area contributed by atoms with Crippen molar-refractivity contribution >= 4 is 35.5 Å². The number of aromatic carboxylic acids is 1. The monoisotopic (exact) mass is 407 g/mol. The summed E-state index contributed by atoms with van der Waals surface area (Å²) < 4.78 is 5.65. The van der Waals surface area contributed by atoms with E-state index in [1.807, 2.05) is 0 Å². The number of aryl methyl sites for hydroxylation is 1. The third kappa shape index (κ3) is 4.19. The number of hydrogen-bond acceptors (Lipinski definition) is 9. The zero-order valence-electron chi connectivity index (χ0n) is 14.6. The molecule has 148 valence electrons. The van der Waals surface area contributed by atoms with Crippen molar-refractivity contribution in [1.82, 2.24) is 9.88 Å². The van der Waals surface area contributed by atoms with Crippen LogP contribution in [0.1, 0.15) is 26.4 Å². The van der Waals surface area contributed by atoms with E-state index in [1.165, 1.54) is 28.4 Å². The van der Waals surface area contributed by atoms with Crippen LogP contribution in [0.15, 0.2) is 17.5 Å². The van der Waals surface area contributed by atoms with Crippen molar-refractivity contribution in [2.45, 2.75) is 18.8 Å². The van der Waals surface area contributed by atoms with Gasteiger partial charge in [-0.1, -0.05) is 6.07 Å². The molecule has 1 aromatic carbocycles. The minimum Gasteiger partial charge on any atom is -0.507 e. The van der Waals surface area contributed by atoms with Gasteiger partial charge in [-0.25, -0.2) is 9.78 Å². The fraction of sp³-hybridized carbons (Fsp3) is 0.312. The summed E-state index contributed by atoms with van der Waals surface area (Å²) in [5.74, 6) is -2.15. The van der Waals surface area contributed by atoms with Gasteiger partial charge in [-0.3, -0.25) is 4.79 Å². The predicted molar refractivity (Wildman–Crippen MR) is 101 cm³/mol. The number of benzene rings is 1. The molecule has 12 heteroatoms. The van der Waals surface area contributed by atoms with Crippen molar-refractivity contribution in [1.29, 1.82) is 0 Å². The van der Waals surface area contributed by atoms with Crippen molar-refractivity contribution in [2.75, 3.05) is 18.8 Å². The van der Waals surface area contributed by atoms with Gasteiger partial charge >= 0.3 is 13.1 Å². The fourth-order valence-corrected chi connectivity index (χ4v) is 3.35. The highest BCUT2D eigenvalue weighted by atomic mass is 32.1. The smallest absolute Gasteiger partial charge is 0.451 e. The number of aromatic nitrogens is 1. The predicted octanol–water partition coefficient (Wildman–Crippen LogP) is 0.0478. The van der Waals surface area contributed by atoms with Crippen LogP contribution in [-0.2, 0) is 6.42 Å². The second-order valence-electron chi connectivity index (χ2n) is 6.29. The molecule has 1 amide bonds. The summed E-state index contributed by atoms with van der Waals surface area (Å²) in [4.78, 5) is 29.2. The van der Waals surface area contributed by atoms with Crippen LogP contribution < -0.4 is 10.5 Å². The molecule has 1 fully saturated rings. The molecule has 0 spiro atoms. The molecule has 0 unspecified atom stereocenters. The number of nitrogens with zero attached hydrogens (tertiary/aromatic N) is 2. The van der Waals surface area contributed by atoms with E-state index in [2.05, 4.69) is 4.98 Å². The Labute approximate surface area is 164 Å². The molecule has 1 aliphatic rings. The van der Waals surface area contributed by atoms with E-state index >= 15 is 0 Å². The summed E-state index contributed by atoms with van der Waals surface area (Å²) in [5.41, 5.74) is 5.64. The standard InChI is InChI=1S/C16H18BN3O7S/c18-16-19-10(7-28-16)14(22)20-5-9(6-20)27-11-2-1-8(3-4-17(25)26)13(21)12(11)15(23)24/h1-2,7,9,21,25-26H,3-6H2,(H2,18,19)(H,23,24). The van der Waals surface area contributed by atoms with Gasteiger partial charge < -0.3 is 35.6 Å². The summed E-state index contributed by atoms with van der Waals surface area (Å²) in [7, 11) is -1.56. The maximum absolute atomic E-state index is 12.2. The van der Waals surface area contributed by atoms with Crippen LogP contribution in [0.3, 0.4) is 0 Å². The first-order valence-electron chi connectivity index (χ1n) is 8.37. The first-order valence-corrected chi connectivity index (χ1v) is 9.25. The minimum absolute atomic E-state index is 0.0201. The molecule has 0 atom stereocenters. The van der Waals surface area contributed by atoms with Crippen LogP contribution in [0.2, 0.25) is 6.32 Å². The molecule has 10 nitrogen and oxygen atoms in total. The van der Waals surface area contributed by atoms with Crippen LogP contribution in [-0.4, -0.2) is 68.3 Å². The summed E-state index contributed by atoms with van der Waals surface area (Å²) >= 11 is 1.17. The number of hydrogen-bond donors (Lipinski definition) is 5. The van der Waals surface area contributed by atoms with Crippen LogP contribution in [0, 0.1) is 0 Å². The lowest BCUT2D eigenvalue weighted by molar-refractivity contribution is 0.0165. The zero-order valence-corrected chi connectivity index (χ0v) is 15.4. The van der Waals surface area contributed by atoms with Gasteiger partial charge in [0.05, 0.1) is 13.1 Å². The first kappa shape index (κ1) is 19.9. The highest BCUT2D eigenvalue weighted by Crippen LogP contribution is 2.34. The molecule has 1 saturated heterocycles. The minimum atomic E-state index is -1.56. The highest BCUT2D eigenvalue weighted by Gasteiger charge is 2.35. The van der Waals surface area contributed by atoms with Gasteiger partial charge in [0.15, 0.2) is 5.13 Å². The Balaban J connectivity index is 1.67. The number of thiazole rings is 1. The second-order valence-corrected chi connectivity index (χ2v) is 7.18. The summed E-state index contributed by atoms with van der Waals surface area (Å²) in [6.07, 6.45) is -0.386. The average Bonchev–Trinajstić information content (AvgIpc) is 3.02. The number of anilines is 1. The number of carbonyl (C=O) groups excluding carboxylic acids is 1. The van der Waals surface area contributed by atoms with E-state index in [9.17, 15) is 19.8 Å². The van der Waals surface area contributed by atoms with Crippen molar-refractivity contribution in [3.05, 3.63) is 34.3 Å². The van der Waals surface area contributed by atoms with Gasteiger partial charge in [-0.15, -0.1) is 11.3 Å². The summed E-state index contributed by atoms with van der Waals surface area (Å²) in [5, 5.41) is 39.4. The number of ether oxygens (including phenoxy) is 1. The maximum Gasteiger partial charge on any atom is 0.451 e. The number of carboxylic acid groups (broad SMARTS) is 1. The molecule has 0 aliphatic carbocycles. The Morgan fingerprint density at radius 2 is 2.07 bits per heavy atom. The normalized spacial score (nSPS) is 13.9. The molecule has 3 rings (SSSR count). The van der Waals surface area contributed by atoms with E-state index < -0.39 is 30.5 Å². The Morgan fingerprint density at radius 3 is 2.64 bits per heavy atom. The van der Waals surface area contributed by atoms with Crippen LogP contribution in [0.25, 0.3) is 0 Å². The lowest BCUT2D eigenvalue weighted by Gasteiger charge is -2.38. The number of rotatable bonds is 7. The van der Waals surface area contributed by atoms with Gasteiger partial charge in [-0.2, -0.15) is 0 Å². The van der Waals surface area contributed by atoms with Crippen LogP contribution >= 0.6 is 11.3 Å². The molecule has 2 heterocycles. The van der Waals surface area contributed by atoms with Gasteiger partial charge in [0.25, 0.3) is 5.91 Å². The first-order chi connectivity index (χ1) is 13.3. The Morgan fingerprint density at radius 1 is 1.36 bits per heavy atom. The van der Waals surface area contributed by atoms with Crippen LogP contribution in [0.4, 0.5) is 5.13 Å². The second kappa shape index (κ2) is 8.04. The van der Waals surface area contributed by atoms with E-state index in [0.29, 0.717) is 5.13 Å². The molecule has 2 aromatic rings. The molecule has 0 saturated carbocycles.